The Balaban J connectivity index is 1.63. The molecule has 2 aromatic carbocycles. The maximum absolute atomic E-state index is 12.2. The third kappa shape index (κ3) is 4.17. The van der Waals surface area contributed by atoms with Crippen molar-refractivity contribution in [1.29, 1.82) is 0 Å². The second-order valence-electron chi connectivity index (χ2n) is 7.28. The molecule has 0 N–H and O–H groups in total. The predicted octanol–water partition coefficient (Wildman–Crippen LogP) is 4.60. The number of ketones is 1. The maximum atomic E-state index is 12.2. The van der Waals surface area contributed by atoms with Crippen LogP contribution in [0.2, 0.25) is 0 Å². The van der Waals surface area contributed by atoms with Gasteiger partial charge in [0.25, 0.3) is 0 Å². The van der Waals surface area contributed by atoms with Gasteiger partial charge in [-0.15, -0.1) is 0 Å². The predicted molar refractivity (Wildman–Crippen MR) is 99.4 cm³/mol. The third-order valence-electron chi connectivity index (χ3n) is 3.92. The molecule has 0 aliphatic heterocycles. The van der Waals surface area contributed by atoms with Gasteiger partial charge in [-0.3, -0.25) is 4.79 Å². The number of aromatic nitrogens is 2. The molecule has 0 fully saturated rings. The van der Waals surface area contributed by atoms with Gasteiger partial charge in [0.2, 0.25) is 11.7 Å². The molecule has 0 bridgehead atoms. The summed E-state index contributed by atoms with van der Waals surface area (Å²) in [6.45, 7) is 8.05. The molecule has 5 nitrogen and oxygen atoms in total. The van der Waals surface area contributed by atoms with E-state index in [-0.39, 0.29) is 17.8 Å². The summed E-state index contributed by atoms with van der Waals surface area (Å²) in [5.41, 5.74) is 2.41. The van der Waals surface area contributed by atoms with Crippen molar-refractivity contribution in [2.24, 2.45) is 0 Å². The smallest absolute Gasteiger partial charge is 0.232 e. The lowest BCUT2D eigenvalue weighted by atomic mass is 9.97. The number of benzene rings is 2. The van der Waals surface area contributed by atoms with Gasteiger partial charge in [0.1, 0.15) is 5.75 Å². The molecule has 0 atom stereocenters. The van der Waals surface area contributed by atoms with Crippen molar-refractivity contribution in [1.82, 2.24) is 10.1 Å². The zero-order valence-electron chi connectivity index (χ0n) is 15.4. The summed E-state index contributed by atoms with van der Waals surface area (Å²) in [7, 11) is 0. The van der Waals surface area contributed by atoms with Gasteiger partial charge in [0, 0.05) is 16.5 Å². The van der Waals surface area contributed by atoms with Gasteiger partial charge in [0.05, 0.1) is 0 Å². The molecular weight excluding hydrogens is 328 g/mol. The highest BCUT2D eigenvalue weighted by Gasteiger charge is 2.22. The first-order valence-corrected chi connectivity index (χ1v) is 8.50. The van der Waals surface area contributed by atoms with Crippen molar-refractivity contribution in [3.8, 4) is 17.1 Å². The van der Waals surface area contributed by atoms with Crippen molar-refractivity contribution < 1.29 is 14.1 Å². The van der Waals surface area contributed by atoms with Crippen LogP contribution in [0, 0.1) is 6.92 Å². The largest absolute Gasteiger partial charge is 0.485 e. The van der Waals surface area contributed by atoms with Crippen molar-refractivity contribution in [3.63, 3.8) is 0 Å². The average molecular weight is 350 g/mol. The number of hydrogen-bond donors (Lipinski definition) is 0. The first-order valence-electron chi connectivity index (χ1n) is 8.50. The van der Waals surface area contributed by atoms with E-state index in [1.807, 2.05) is 64.1 Å². The minimum absolute atomic E-state index is 0.00120. The van der Waals surface area contributed by atoms with Crippen LogP contribution < -0.4 is 4.74 Å². The lowest BCUT2D eigenvalue weighted by Crippen LogP contribution is -2.11. The molecule has 0 radical (unpaired) electrons. The van der Waals surface area contributed by atoms with Crippen LogP contribution in [0.3, 0.4) is 0 Å². The zero-order valence-corrected chi connectivity index (χ0v) is 15.4. The molecule has 0 saturated carbocycles. The van der Waals surface area contributed by atoms with Crippen molar-refractivity contribution in [2.75, 3.05) is 6.61 Å². The molecule has 5 heteroatoms. The number of aryl methyl sites for hydroxylation is 1. The van der Waals surface area contributed by atoms with Crippen LogP contribution in [0.4, 0.5) is 0 Å². The van der Waals surface area contributed by atoms with E-state index in [1.165, 1.54) is 0 Å². The number of carbonyl (C=O) groups excluding carboxylic acids is 1. The number of nitrogens with zero attached hydrogens (tertiary/aromatic N) is 2. The van der Waals surface area contributed by atoms with Gasteiger partial charge in [-0.25, -0.2) is 0 Å². The van der Waals surface area contributed by atoms with Gasteiger partial charge < -0.3 is 9.26 Å². The summed E-state index contributed by atoms with van der Waals surface area (Å²) < 4.78 is 10.9. The molecule has 0 saturated heterocycles. The fourth-order valence-corrected chi connectivity index (χ4v) is 2.32. The summed E-state index contributed by atoms with van der Waals surface area (Å²) in [6, 6.07) is 14.7. The summed E-state index contributed by atoms with van der Waals surface area (Å²) in [6.07, 6.45) is 0. The van der Waals surface area contributed by atoms with Crippen molar-refractivity contribution >= 4 is 5.78 Å². The first-order chi connectivity index (χ1) is 12.3. The minimum Gasteiger partial charge on any atom is -0.485 e. The van der Waals surface area contributed by atoms with Crippen molar-refractivity contribution in [3.05, 3.63) is 65.5 Å². The van der Waals surface area contributed by atoms with E-state index in [9.17, 15) is 4.79 Å². The second kappa shape index (κ2) is 7.12. The van der Waals surface area contributed by atoms with Crippen LogP contribution in [-0.2, 0) is 5.41 Å². The molecule has 1 heterocycles. The zero-order chi connectivity index (χ0) is 18.7. The molecule has 0 aliphatic rings. The topological polar surface area (TPSA) is 65.2 Å². The van der Waals surface area contributed by atoms with Crippen LogP contribution in [0.25, 0.3) is 11.4 Å². The Morgan fingerprint density at radius 3 is 2.27 bits per heavy atom. The summed E-state index contributed by atoms with van der Waals surface area (Å²) in [5.74, 6) is 1.70. The number of rotatable bonds is 5. The SMILES string of the molecule is Cc1ccc(C(=O)COc2ccc(-c3noc(C(C)(C)C)n3)cc2)cc1. The molecule has 0 spiro atoms. The number of ether oxygens (including phenoxy) is 1. The van der Waals surface area contributed by atoms with Gasteiger partial charge in [0.15, 0.2) is 12.4 Å². The maximum Gasteiger partial charge on any atom is 0.232 e. The normalized spacial score (nSPS) is 11.4. The van der Waals surface area contributed by atoms with E-state index in [0.29, 0.717) is 23.0 Å². The van der Waals surface area contributed by atoms with E-state index in [0.717, 1.165) is 11.1 Å². The van der Waals surface area contributed by atoms with Crippen LogP contribution in [0.5, 0.6) is 5.75 Å². The minimum atomic E-state index is -0.190. The van der Waals surface area contributed by atoms with Gasteiger partial charge >= 0.3 is 0 Å². The fraction of sp³-hybridized carbons (Fsp3) is 0.286. The number of hydrogen-bond acceptors (Lipinski definition) is 5. The Kier molecular flexibility index (Phi) is 4.89. The highest BCUT2D eigenvalue weighted by atomic mass is 16.5. The van der Waals surface area contributed by atoms with Gasteiger partial charge in [-0.2, -0.15) is 4.98 Å². The molecule has 3 rings (SSSR count). The summed E-state index contributed by atoms with van der Waals surface area (Å²) >= 11 is 0. The van der Waals surface area contributed by atoms with E-state index < -0.39 is 0 Å². The summed E-state index contributed by atoms with van der Waals surface area (Å²) in [5, 5.41) is 4.02. The Morgan fingerprint density at radius 2 is 1.69 bits per heavy atom. The van der Waals surface area contributed by atoms with Gasteiger partial charge in [-0.05, 0) is 31.2 Å². The van der Waals surface area contributed by atoms with Crippen LogP contribution in [0.1, 0.15) is 42.6 Å². The molecule has 26 heavy (non-hydrogen) atoms. The van der Waals surface area contributed by atoms with Crippen LogP contribution >= 0.6 is 0 Å². The molecule has 3 aromatic rings. The monoisotopic (exact) mass is 350 g/mol. The molecular formula is C21H22N2O3. The highest BCUT2D eigenvalue weighted by molar-refractivity contribution is 5.97. The van der Waals surface area contributed by atoms with E-state index >= 15 is 0 Å². The fourth-order valence-electron chi connectivity index (χ4n) is 2.32. The molecule has 134 valence electrons. The van der Waals surface area contributed by atoms with E-state index in [2.05, 4.69) is 10.1 Å². The van der Waals surface area contributed by atoms with Crippen LogP contribution in [-0.4, -0.2) is 22.5 Å². The van der Waals surface area contributed by atoms with Gasteiger partial charge in [-0.1, -0.05) is 55.8 Å². The molecule has 0 aliphatic carbocycles. The Morgan fingerprint density at radius 1 is 1.04 bits per heavy atom. The lowest BCUT2D eigenvalue weighted by molar-refractivity contribution is 0.0921. The summed E-state index contributed by atoms with van der Waals surface area (Å²) in [4.78, 5) is 16.6. The third-order valence-corrected chi connectivity index (χ3v) is 3.92. The quantitative estimate of drug-likeness (QED) is 0.629. The Labute approximate surface area is 153 Å². The van der Waals surface area contributed by atoms with Crippen LogP contribution in [0.15, 0.2) is 53.1 Å². The second-order valence-corrected chi connectivity index (χ2v) is 7.28. The van der Waals surface area contributed by atoms with E-state index in [1.54, 1.807) is 12.1 Å². The highest BCUT2D eigenvalue weighted by Crippen LogP contribution is 2.25. The standard InChI is InChI=1S/C21H22N2O3/c1-14-5-7-15(8-6-14)18(24)13-25-17-11-9-16(10-12-17)19-22-20(26-23-19)21(2,3)4/h5-12H,13H2,1-4H3. The molecule has 1 aromatic heterocycles. The number of Topliss-reactive ketones (excluding diaryl/α,β-unsaturated/α-hetero) is 1. The average Bonchev–Trinajstić information content (AvgIpc) is 3.11. The molecule has 0 amide bonds. The van der Waals surface area contributed by atoms with E-state index in [4.69, 9.17) is 9.26 Å². The Bertz CT molecular complexity index is 888. The van der Waals surface area contributed by atoms with Crippen molar-refractivity contribution in [2.45, 2.75) is 33.1 Å². The molecule has 0 unspecified atom stereocenters. The Hall–Kier alpha value is -2.95. The first kappa shape index (κ1) is 17.9. The lowest BCUT2D eigenvalue weighted by Gasteiger charge is -2.10. The number of carbonyl (C=O) groups is 1.